The van der Waals surface area contributed by atoms with Crippen LogP contribution >= 0.6 is 11.6 Å². The molecule has 14 heavy (non-hydrogen) atoms. The quantitative estimate of drug-likeness (QED) is 0.805. The summed E-state index contributed by atoms with van der Waals surface area (Å²) in [7, 11) is 0. The first-order chi connectivity index (χ1) is 6.79. The lowest BCUT2D eigenvalue weighted by molar-refractivity contribution is 0.261. The van der Waals surface area contributed by atoms with Gasteiger partial charge in [0.25, 0.3) is 0 Å². The van der Waals surface area contributed by atoms with Crippen molar-refractivity contribution in [2.45, 2.75) is 13.0 Å². The molecular weight excluding hydrogens is 196 g/mol. The second-order valence-electron chi connectivity index (χ2n) is 3.73. The maximum atomic E-state index is 5.94. The van der Waals surface area contributed by atoms with E-state index in [-0.39, 0.29) is 0 Å². The Labute approximate surface area is 89.7 Å². The number of hydrogen-bond donors (Lipinski definition) is 1. The van der Waals surface area contributed by atoms with E-state index in [1.54, 1.807) is 0 Å². The molecular formula is C11H15ClN2. The lowest BCUT2D eigenvalue weighted by Gasteiger charge is -2.28. The number of fused-ring (bicyclic) bond motifs is 1. The zero-order valence-electron chi connectivity index (χ0n) is 8.17. The average molecular weight is 211 g/mol. The molecule has 1 heterocycles. The van der Waals surface area contributed by atoms with Crippen LogP contribution in [0.4, 0.5) is 0 Å². The molecule has 0 saturated heterocycles. The van der Waals surface area contributed by atoms with Crippen molar-refractivity contribution in [3.05, 3.63) is 34.3 Å². The Kier molecular flexibility index (Phi) is 3.06. The van der Waals surface area contributed by atoms with E-state index in [0.29, 0.717) is 0 Å². The minimum atomic E-state index is 0.739. The Bertz CT molecular complexity index is 325. The van der Waals surface area contributed by atoms with Crippen molar-refractivity contribution in [2.75, 3.05) is 19.6 Å². The van der Waals surface area contributed by atoms with E-state index in [1.165, 1.54) is 11.1 Å². The highest BCUT2D eigenvalue weighted by atomic mass is 35.5. The topological polar surface area (TPSA) is 29.3 Å². The molecule has 2 rings (SSSR count). The molecule has 0 atom stereocenters. The predicted molar refractivity (Wildman–Crippen MR) is 59.5 cm³/mol. The van der Waals surface area contributed by atoms with Crippen LogP contribution in [0.1, 0.15) is 11.1 Å². The van der Waals surface area contributed by atoms with E-state index in [2.05, 4.69) is 17.0 Å². The van der Waals surface area contributed by atoms with Gasteiger partial charge in [-0.1, -0.05) is 17.7 Å². The van der Waals surface area contributed by atoms with Gasteiger partial charge in [-0.2, -0.15) is 0 Å². The van der Waals surface area contributed by atoms with Crippen molar-refractivity contribution >= 4 is 11.6 Å². The maximum absolute atomic E-state index is 5.94. The molecule has 0 spiro atoms. The number of hydrogen-bond acceptors (Lipinski definition) is 2. The molecule has 0 aromatic heterocycles. The minimum absolute atomic E-state index is 0.739. The molecule has 2 nitrogen and oxygen atoms in total. The summed E-state index contributed by atoms with van der Waals surface area (Å²) in [5.41, 5.74) is 8.33. The Hall–Kier alpha value is -0.570. The molecule has 0 saturated carbocycles. The highest BCUT2D eigenvalue weighted by Crippen LogP contribution is 2.22. The van der Waals surface area contributed by atoms with E-state index < -0.39 is 0 Å². The minimum Gasteiger partial charge on any atom is -0.329 e. The third-order valence-electron chi connectivity index (χ3n) is 2.70. The van der Waals surface area contributed by atoms with Crippen LogP contribution in [0.3, 0.4) is 0 Å². The third-order valence-corrected chi connectivity index (χ3v) is 2.94. The summed E-state index contributed by atoms with van der Waals surface area (Å²) >= 11 is 5.94. The first kappa shape index (κ1) is 9.97. The number of rotatable bonds is 2. The van der Waals surface area contributed by atoms with Crippen LogP contribution in [0.15, 0.2) is 18.2 Å². The molecule has 1 aliphatic heterocycles. The molecule has 1 aromatic rings. The zero-order valence-corrected chi connectivity index (χ0v) is 8.93. The van der Waals surface area contributed by atoms with Crippen molar-refractivity contribution in [2.24, 2.45) is 5.73 Å². The van der Waals surface area contributed by atoms with Crippen molar-refractivity contribution in [1.29, 1.82) is 0 Å². The summed E-state index contributed by atoms with van der Waals surface area (Å²) in [6.45, 7) is 3.85. The zero-order chi connectivity index (χ0) is 9.97. The molecule has 76 valence electrons. The fourth-order valence-electron chi connectivity index (χ4n) is 1.95. The van der Waals surface area contributed by atoms with Crippen LogP contribution in [0, 0.1) is 0 Å². The molecule has 0 amide bonds. The number of halogens is 1. The second kappa shape index (κ2) is 4.30. The van der Waals surface area contributed by atoms with Gasteiger partial charge in [0.05, 0.1) is 0 Å². The largest absolute Gasteiger partial charge is 0.329 e. The normalized spacial score (nSPS) is 16.7. The van der Waals surface area contributed by atoms with Crippen LogP contribution < -0.4 is 5.73 Å². The summed E-state index contributed by atoms with van der Waals surface area (Å²) in [6.07, 6.45) is 1.09. The lowest BCUT2D eigenvalue weighted by atomic mass is 10.00. The van der Waals surface area contributed by atoms with Gasteiger partial charge in [0, 0.05) is 31.2 Å². The molecule has 0 bridgehead atoms. The van der Waals surface area contributed by atoms with Gasteiger partial charge in [-0.3, -0.25) is 4.90 Å². The molecule has 1 aromatic carbocycles. The van der Waals surface area contributed by atoms with Crippen molar-refractivity contribution in [1.82, 2.24) is 4.90 Å². The predicted octanol–water partition coefficient (Wildman–Crippen LogP) is 1.66. The summed E-state index contributed by atoms with van der Waals surface area (Å²) in [6, 6.07) is 6.17. The smallest absolute Gasteiger partial charge is 0.0408 e. The van der Waals surface area contributed by atoms with Gasteiger partial charge < -0.3 is 5.73 Å². The van der Waals surface area contributed by atoms with Crippen LogP contribution in [-0.2, 0) is 13.0 Å². The van der Waals surface area contributed by atoms with E-state index in [4.69, 9.17) is 17.3 Å². The monoisotopic (exact) mass is 210 g/mol. The summed E-state index contributed by atoms with van der Waals surface area (Å²) in [4.78, 5) is 2.39. The summed E-state index contributed by atoms with van der Waals surface area (Å²) in [5, 5.41) is 0.844. The van der Waals surface area contributed by atoms with Gasteiger partial charge in [-0.05, 0) is 29.7 Å². The third kappa shape index (κ3) is 2.08. The van der Waals surface area contributed by atoms with Gasteiger partial charge in [0.15, 0.2) is 0 Å². The second-order valence-corrected chi connectivity index (χ2v) is 4.16. The van der Waals surface area contributed by atoms with Crippen LogP contribution in [0.2, 0.25) is 5.02 Å². The lowest BCUT2D eigenvalue weighted by Crippen LogP contribution is -2.34. The van der Waals surface area contributed by atoms with E-state index in [1.807, 2.05) is 6.07 Å². The Morgan fingerprint density at radius 1 is 1.36 bits per heavy atom. The highest BCUT2D eigenvalue weighted by Gasteiger charge is 2.15. The van der Waals surface area contributed by atoms with Crippen LogP contribution in [0.5, 0.6) is 0 Å². The molecule has 2 N–H and O–H groups in total. The standard InChI is InChI=1S/C11H15ClN2/c12-11-2-1-10-8-14(6-4-13)5-3-9(10)7-11/h1-2,7H,3-6,8,13H2. The van der Waals surface area contributed by atoms with Crippen LogP contribution in [0.25, 0.3) is 0 Å². The summed E-state index contributed by atoms with van der Waals surface area (Å²) in [5.74, 6) is 0. The fraction of sp³-hybridized carbons (Fsp3) is 0.455. The SMILES string of the molecule is NCCN1CCc2cc(Cl)ccc2C1. The first-order valence-electron chi connectivity index (χ1n) is 4.99. The van der Waals surface area contributed by atoms with Crippen molar-refractivity contribution in [3.8, 4) is 0 Å². The van der Waals surface area contributed by atoms with E-state index >= 15 is 0 Å². The number of nitrogens with zero attached hydrogens (tertiary/aromatic N) is 1. The maximum Gasteiger partial charge on any atom is 0.0408 e. The van der Waals surface area contributed by atoms with Gasteiger partial charge in [-0.25, -0.2) is 0 Å². The molecule has 0 fully saturated rings. The van der Waals surface area contributed by atoms with E-state index in [0.717, 1.165) is 37.6 Å². The number of benzene rings is 1. The summed E-state index contributed by atoms with van der Waals surface area (Å²) < 4.78 is 0. The van der Waals surface area contributed by atoms with Crippen LogP contribution in [-0.4, -0.2) is 24.5 Å². The van der Waals surface area contributed by atoms with Crippen molar-refractivity contribution < 1.29 is 0 Å². The van der Waals surface area contributed by atoms with E-state index in [9.17, 15) is 0 Å². The Morgan fingerprint density at radius 3 is 3.00 bits per heavy atom. The van der Waals surface area contributed by atoms with Crippen molar-refractivity contribution in [3.63, 3.8) is 0 Å². The van der Waals surface area contributed by atoms with Gasteiger partial charge in [0.1, 0.15) is 0 Å². The van der Waals surface area contributed by atoms with Gasteiger partial charge in [-0.15, -0.1) is 0 Å². The molecule has 0 radical (unpaired) electrons. The Morgan fingerprint density at radius 2 is 2.21 bits per heavy atom. The molecule has 0 aliphatic carbocycles. The Balaban J connectivity index is 2.15. The molecule has 3 heteroatoms. The molecule has 0 unspecified atom stereocenters. The fourth-order valence-corrected chi connectivity index (χ4v) is 2.15. The van der Waals surface area contributed by atoms with Gasteiger partial charge >= 0.3 is 0 Å². The molecule has 1 aliphatic rings. The number of nitrogens with two attached hydrogens (primary N) is 1. The first-order valence-corrected chi connectivity index (χ1v) is 5.37. The highest BCUT2D eigenvalue weighted by molar-refractivity contribution is 6.30. The average Bonchev–Trinajstić information content (AvgIpc) is 2.19. The van der Waals surface area contributed by atoms with Gasteiger partial charge in [0.2, 0.25) is 0 Å².